The number of hydrogen-bond donors (Lipinski definition) is 0. The maximum absolute atomic E-state index is 12.2. The Kier molecular flexibility index (Phi) is 5.23. The highest BCUT2D eigenvalue weighted by molar-refractivity contribution is 8.00. The van der Waals surface area contributed by atoms with Gasteiger partial charge in [0.2, 0.25) is 5.89 Å². The average Bonchev–Trinajstić information content (AvgIpc) is 3.05. The van der Waals surface area contributed by atoms with Crippen LogP contribution in [-0.4, -0.2) is 30.1 Å². The minimum absolute atomic E-state index is 0.0254. The minimum atomic E-state index is -3.36. The van der Waals surface area contributed by atoms with E-state index in [0.717, 1.165) is 5.56 Å². The van der Waals surface area contributed by atoms with E-state index < -0.39 is 9.84 Å². The molecule has 0 saturated heterocycles. The zero-order chi connectivity index (χ0) is 17.0. The number of benzene rings is 2. The van der Waals surface area contributed by atoms with Gasteiger partial charge in [0.15, 0.2) is 9.84 Å². The summed E-state index contributed by atoms with van der Waals surface area (Å²) in [7, 11) is -3.36. The molecule has 0 aliphatic rings. The molecule has 124 valence electrons. The van der Waals surface area contributed by atoms with Crippen LogP contribution in [0.1, 0.15) is 0 Å². The molecular weight excluding hydrogens is 368 g/mol. The van der Waals surface area contributed by atoms with Crippen molar-refractivity contribution in [3.8, 4) is 11.5 Å². The van der Waals surface area contributed by atoms with Crippen molar-refractivity contribution in [2.45, 2.75) is 10.1 Å². The van der Waals surface area contributed by atoms with Crippen LogP contribution in [0.25, 0.3) is 11.5 Å². The van der Waals surface area contributed by atoms with Crippen molar-refractivity contribution in [1.29, 1.82) is 0 Å². The SMILES string of the molecule is O=S(=O)(CCSc1nnc(-c2ccccc2)o1)c1ccc(Cl)cc1. The Bertz CT molecular complexity index is 910. The van der Waals surface area contributed by atoms with E-state index >= 15 is 0 Å². The van der Waals surface area contributed by atoms with E-state index in [-0.39, 0.29) is 10.6 Å². The molecule has 24 heavy (non-hydrogen) atoms. The summed E-state index contributed by atoms with van der Waals surface area (Å²) in [6, 6.07) is 15.5. The van der Waals surface area contributed by atoms with Gasteiger partial charge in [-0.05, 0) is 36.4 Å². The van der Waals surface area contributed by atoms with Gasteiger partial charge < -0.3 is 4.42 Å². The number of thioether (sulfide) groups is 1. The van der Waals surface area contributed by atoms with Crippen LogP contribution in [0.15, 0.2) is 69.1 Å². The van der Waals surface area contributed by atoms with Gasteiger partial charge in [-0.25, -0.2) is 8.42 Å². The van der Waals surface area contributed by atoms with Gasteiger partial charge in [0, 0.05) is 16.3 Å². The summed E-state index contributed by atoms with van der Waals surface area (Å²) in [4.78, 5) is 0.253. The van der Waals surface area contributed by atoms with Gasteiger partial charge in [-0.3, -0.25) is 0 Å². The molecule has 0 N–H and O–H groups in total. The maximum Gasteiger partial charge on any atom is 0.276 e. The van der Waals surface area contributed by atoms with E-state index in [1.807, 2.05) is 30.3 Å². The third kappa shape index (κ3) is 4.17. The lowest BCUT2D eigenvalue weighted by Gasteiger charge is -2.03. The van der Waals surface area contributed by atoms with Crippen LogP contribution in [0, 0.1) is 0 Å². The highest BCUT2D eigenvalue weighted by Gasteiger charge is 2.16. The van der Waals surface area contributed by atoms with Gasteiger partial charge in [0.05, 0.1) is 10.6 Å². The summed E-state index contributed by atoms with van der Waals surface area (Å²) in [5.74, 6) is 0.711. The first-order chi connectivity index (χ1) is 11.5. The summed E-state index contributed by atoms with van der Waals surface area (Å²) in [6.45, 7) is 0. The Morgan fingerprint density at radius 1 is 1.00 bits per heavy atom. The third-order valence-corrected chi connectivity index (χ3v) is 6.24. The number of nitrogens with zero attached hydrogens (tertiary/aromatic N) is 2. The van der Waals surface area contributed by atoms with E-state index in [2.05, 4.69) is 10.2 Å². The summed E-state index contributed by atoms with van der Waals surface area (Å²) < 4.78 is 30.0. The van der Waals surface area contributed by atoms with Crippen molar-refractivity contribution in [1.82, 2.24) is 10.2 Å². The zero-order valence-electron chi connectivity index (χ0n) is 12.4. The number of sulfone groups is 1. The molecule has 0 unspecified atom stereocenters. The molecular formula is C16H13ClN2O3S2. The molecule has 0 radical (unpaired) electrons. The topological polar surface area (TPSA) is 73.1 Å². The fourth-order valence-electron chi connectivity index (χ4n) is 1.96. The first-order valence-electron chi connectivity index (χ1n) is 7.05. The van der Waals surface area contributed by atoms with E-state index in [1.165, 1.54) is 23.9 Å². The van der Waals surface area contributed by atoms with E-state index in [9.17, 15) is 8.42 Å². The molecule has 8 heteroatoms. The zero-order valence-corrected chi connectivity index (χ0v) is 14.8. The van der Waals surface area contributed by atoms with Crippen molar-refractivity contribution in [2.24, 2.45) is 0 Å². The molecule has 2 aromatic carbocycles. The normalized spacial score (nSPS) is 11.5. The first-order valence-corrected chi connectivity index (χ1v) is 10.1. The Morgan fingerprint density at radius 3 is 2.42 bits per heavy atom. The smallest absolute Gasteiger partial charge is 0.276 e. The molecule has 0 fully saturated rings. The Balaban J connectivity index is 1.60. The fourth-order valence-corrected chi connectivity index (χ4v) is 4.50. The second-order valence-corrected chi connectivity index (χ2v) is 8.45. The second-order valence-electron chi connectivity index (χ2n) is 4.86. The largest absolute Gasteiger partial charge is 0.411 e. The molecule has 0 aliphatic heterocycles. The monoisotopic (exact) mass is 380 g/mol. The molecule has 3 rings (SSSR count). The van der Waals surface area contributed by atoms with Gasteiger partial charge >= 0.3 is 0 Å². The molecule has 0 aliphatic carbocycles. The van der Waals surface area contributed by atoms with Crippen molar-refractivity contribution < 1.29 is 12.8 Å². The predicted octanol–water partition coefficient (Wildman–Crippen LogP) is 3.96. The van der Waals surface area contributed by atoms with Crippen molar-refractivity contribution in [2.75, 3.05) is 11.5 Å². The molecule has 0 amide bonds. The number of hydrogen-bond acceptors (Lipinski definition) is 6. The van der Waals surface area contributed by atoms with Crippen LogP contribution < -0.4 is 0 Å². The highest BCUT2D eigenvalue weighted by Crippen LogP contribution is 2.24. The summed E-state index contributed by atoms with van der Waals surface area (Å²) in [6.07, 6.45) is 0. The lowest BCUT2D eigenvalue weighted by Crippen LogP contribution is -2.08. The van der Waals surface area contributed by atoms with Crippen molar-refractivity contribution in [3.63, 3.8) is 0 Å². The molecule has 5 nitrogen and oxygen atoms in total. The first kappa shape index (κ1) is 17.0. The molecule has 0 bridgehead atoms. The van der Waals surface area contributed by atoms with Crippen LogP contribution in [0.4, 0.5) is 0 Å². The molecule has 3 aromatic rings. The van der Waals surface area contributed by atoms with E-state index in [4.69, 9.17) is 16.0 Å². The molecule has 1 aromatic heterocycles. The van der Waals surface area contributed by atoms with Crippen molar-refractivity contribution in [3.05, 3.63) is 59.6 Å². The molecule has 1 heterocycles. The van der Waals surface area contributed by atoms with E-state index in [0.29, 0.717) is 21.9 Å². The van der Waals surface area contributed by atoms with Gasteiger partial charge in [0.1, 0.15) is 0 Å². The van der Waals surface area contributed by atoms with Gasteiger partial charge in [0.25, 0.3) is 5.22 Å². The number of halogens is 1. The van der Waals surface area contributed by atoms with Crippen molar-refractivity contribution >= 4 is 33.2 Å². The average molecular weight is 381 g/mol. The highest BCUT2D eigenvalue weighted by atomic mass is 35.5. The lowest BCUT2D eigenvalue weighted by atomic mass is 10.2. The van der Waals surface area contributed by atoms with Gasteiger partial charge in [-0.2, -0.15) is 0 Å². The predicted molar refractivity (Wildman–Crippen MR) is 94.0 cm³/mol. The molecule has 0 atom stereocenters. The Morgan fingerprint density at radius 2 is 1.71 bits per heavy atom. The van der Waals surface area contributed by atoms with Crippen LogP contribution >= 0.6 is 23.4 Å². The quantitative estimate of drug-likeness (QED) is 0.603. The fraction of sp³-hybridized carbons (Fsp3) is 0.125. The summed E-state index contributed by atoms with van der Waals surface area (Å²) in [5.41, 5.74) is 0.825. The third-order valence-electron chi connectivity index (χ3n) is 3.18. The Hall–Kier alpha value is -1.83. The van der Waals surface area contributed by atoms with Gasteiger partial charge in [-0.15, -0.1) is 10.2 Å². The standard InChI is InChI=1S/C16H13ClN2O3S2/c17-13-6-8-14(9-7-13)24(20,21)11-10-23-16-19-18-15(22-16)12-4-2-1-3-5-12/h1-9H,10-11H2. The minimum Gasteiger partial charge on any atom is -0.411 e. The van der Waals surface area contributed by atoms with Gasteiger partial charge in [-0.1, -0.05) is 41.6 Å². The lowest BCUT2D eigenvalue weighted by molar-refractivity contribution is 0.466. The molecule has 0 spiro atoms. The summed E-state index contributed by atoms with van der Waals surface area (Å²) in [5, 5.41) is 8.75. The van der Waals surface area contributed by atoms with Crippen LogP contribution in [-0.2, 0) is 9.84 Å². The van der Waals surface area contributed by atoms with Crippen LogP contribution in [0.2, 0.25) is 5.02 Å². The maximum atomic E-state index is 12.2. The second kappa shape index (κ2) is 7.38. The van der Waals surface area contributed by atoms with E-state index in [1.54, 1.807) is 12.1 Å². The number of aromatic nitrogens is 2. The summed E-state index contributed by atoms with van der Waals surface area (Å²) >= 11 is 6.99. The Labute approximate surface area is 149 Å². The molecule has 0 saturated carbocycles. The van der Waals surface area contributed by atoms with Crippen LogP contribution in [0.3, 0.4) is 0 Å². The number of rotatable bonds is 6. The van der Waals surface area contributed by atoms with Crippen LogP contribution in [0.5, 0.6) is 0 Å².